The van der Waals surface area contributed by atoms with Gasteiger partial charge in [0.15, 0.2) is 0 Å². The van der Waals surface area contributed by atoms with Gasteiger partial charge in [0, 0.05) is 5.39 Å². The smallest absolute Gasteiger partial charge is 0.0895 e. The SMILES string of the molecule is Nc1c(I)sc2c(Cl)cccc12. The number of hydrogen-bond donors (Lipinski definition) is 1. The van der Waals surface area contributed by atoms with Crippen molar-refractivity contribution >= 4 is 61.3 Å². The molecular formula is C8H5ClINS. The van der Waals surface area contributed by atoms with Crippen LogP contribution in [0, 0.1) is 2.88 Å². The number of thiophene rings is 1. The molecule has 0 atom stereocenters. The minimum atomic E-state index is 0.784. The number of nitrogen functional groups attached to an aromatic ring is 1. The van der Waals surface area contributed by atoms with E-state index in [0.29, 0.717) is 0 Å². The zero-order valence-corrected chi connectivity index (χ0v) is 9.70. The third-order valence-corrected chi connectivity index (χ3v) is 4.37. The lowest BCUT2D eigenvalue weighted by atomic mass is 10.2. The van der Waals surface area contributed by atoms with Gasteiger partial charge in [0.05, 0.1) is 18.3 Å². The highest BCUT2D eigenvalue weighted by Crippen LogP contribution is 2.38. The molecular weight excluding hydrogens is 305 g/mol. The van der Waals surface area contributed by atoms with Crippen molar-refractivity contribution in [2.45, 2.75) is 0 Å². The largest absolute Gasteiger partial charge is 0.397 e. The predicted molar refractivity (Wildman–Crippen MR) is 64.0 cm³/mol. The quantitative estimate of drug-likeness (QED) is 0.737. The van der Waals surface area contributed by atoms with E-state index in [2.05, 4.69) is 22.6 Å². The molecule has 2 rings (SSSR count). The van der Waals surface area contributed by atoms with Crippen molar-refractivity contribution in [1.29, 1.82) is 0 Å². The highest BCUT2D eigenvalue weighted by molar-refractivity contribution is 14.1. The molecule has 0 fully saturated rings. The molecule has 1 aromatic carbocycles. The first-order valence-electron chi connectivity index (χ1n) is 3.32. The van der Waals surface area contributed by atoms with Crippen molar-refractivity contribution in [2.24, 2.45) is 0 Å². The molecule has 1 heterocycles. The van der Waals surface area contributed by atoms with Crippen LogP contribution in [0.1, 0.15) is 0 Å². The average Bonchev–Trinajstić information content (AvgIpc) is 2.32. The molecule has 0 amide bonds. The summed E-state index contributed by atoms with van der Waals surface area (Å²) in [5.41, 5.74) is 6.70. The summed E-state index contributed by atoms with van der Waals surface area (Å²) >= 11 is 9.86. The third-order valence-electron chi connectivity index (χ3n) is 1.66. The molecule has 1 aromatic heterocycles. The first-order chi connectivity index (χ1) is 5.70. The van der Waals surface area contributed by atoms with Gasteiger partial charge in [-0.15, -0.1) is 11.3 Å². The Morgan fingerprint density at radius 3 is 2.83 bits per heavy atom. The Balaban J connectivity index is 2.95. The number of nitrogens with two attached hydrogens (primary N) is 1. The molecule has 2 aromatic rings. The highest BCUT2D eigenvalue weighted by Gasteiger charge is 2.08. The number of benzene rings is 1. The number of rotatable bonds is 0. The summed E-state index contributed by atoms with van der Waals surface area (Å²) in [6, 6.07) is 5.80. The topological polar surface area (TPSA) is 26.0 Å². The second-order valence-electron chi connectivity index (χ2n) is 2.41. The highest BCUT2D eigenvalue weighted by atomic mass is 127. The number of fused-ring (bicyclic) bond motifs is 1. The molecule has 4 heteroatoms. The van der Waals surface area contributed by atoms with E-state index in [4.69, 9.17) is 17.3 Å². The normalized spacial score (nSPS) is 10.8. The molecule has 12 heavy (non-hydrogen) atoms. The van der Waals surface area contributed by atoms with Crippen molar-refractivity contribution in [2.75, 3.05) is 5.73 Å². The summed E-state index contributed by atoms with van der Waals surface area (Å²) in [6.07, 6.45) is 0. The van der Waals surface area contributed by atoms with E-state index in [9.17, 15) is 0 Å². The Kier molecular flexibility index (Phi) is 2.18. The predicted octanol–water partition coefficient (Wildman–Crippen LogP) is 3.74. The van der Waals surface area contributed by atoms with Crippen LogP contribution in [0.2, 0.25) is 5.02 Å². The first kappa shape index (κ1) is 8.59. The van der Waals surface area contributed by atoms with Gasteiger partial charge in [-0.3, -0.25) is 0 Å². The second-order valence-corrected chi connectivity index (χ2v) is 5.64. The van der Waals surface area contributed by atoms with Gasteiger partial charge >= 0.3 is 0 Å². The summed E-state index contributed by atoms with van der Waals surface area (Å²) < 4.78 is 2.19. The minimum Gasteiger partial charge on any atom is -0.397 e. The number of halogens is 2. The van der Waals surface area contributed by atoms with Crippen molar-refractivity contribution in [3.63, 3.8) is 0 Å². The van der Waals surface area contributed by atoms with Crippen LogP contribution in [0.25, 0.3) is 10.1 Å². The van der Waals surface area contributed by atoms with Crippen LogP contribution in [0.5, 0.6) is 0 Å². The van der Waals surface area contributed by atoms with E-state index in [-0.39, 0.29) is 0 Å². The molecule has 0 aliphatic heterocycles. The molecule has 0 spiro atoms. The molecule has 0 aliphatic rings. The summed E-state index contributed by atoms with van der Waals surface area (Å²) in [4.78, 5) is 0. The molecule has 0 radical (unpaired) electrons. The van der Waals surface area contributed by atoms with Gasteiger partial charge in [0.1, 0.15) is 0 Å². The van der Waals surface area contributed by atoms with Crippen LogP contribution in [-0.2, 0) is 0 Å². The molecule has 0 aliphatic carbocycles. The van der Waals surface area contributed by atoms with Crippen LogP contribution in [0.4, 0.5) is 5.69 Å². The molecule has 0 saturated carbocycles. The zero-order valence-electron chi connectivity index (χ0n) is 5.97. The Morgan fingerprint density at radius 2 is 2.17 bits per heavy atom. The van der Waals surface area contributed by atoms with Gasteiger partial charge in [-0.2, -0.15) is 0 Å². The fourth-order valence-corrected chi connectivity index (χ4v) is 3.17. The maximum Gasteiger partial charge on any atom is 0.0895 e. The lowest BCUT2D eigenvalue weighted by Crippen LogP contribution is -1.82. The van der Waals surface area contributed by atoms with E-state index in [0.717, 1.165) is 23.7 Å². The van der Waals surface area contributed by atoms with Crippen molar-refractivity contribution in [3.8, 4) is 0 Å². The summed E-state index contributed by atoms with van der Waals surface area (Å²) in [5.74, 6) is 0. The Hall–Kier alpha value is 0. The lowest BCUT2D eigenvalue weighted by molar-refractivity contribution is 1.82. The maximum absolute atomic E-state index is 5.99. The van der Waals surface area contributed by atoms with Gasteiger partial charge in [-0.25, -0.2) is 0 Å². The monoisotopic (exact) mass is 309 g/mol. The van der Waals surface area contributed by atoms with Gasteiger partial charge in [0.25, 0.3) is 0 Å². The number of anilines is 1. The van der Waals surface area contributed by atoms with E-state index < -0.39 is 0 Å². The molecule has 1 nitrogen and oxygen atoms in total. The van der Waals surface area contributed by atoms with E-state index in [1.807, 2.05) is 18.2 Å². The van der Waals surface area contributed by atoms with Crippen molar-refractivity contribution in [3.05, 3.63) is 26.1 Å². The fourth-order valence-electron chi connectivity index (χ4n) is 1.08. The molecule has 0 unspecified atom stereocenters. The fraction of sp³-hybridized carbons (Fsp3) is 0. The van der Waals surface area contributed by atoms with Gasteiger partial charge in [-0.1, -0.05) is 23.7 Å². The third kappa shape index (κ3) is 1.20. The summed E-state index contributed by atoms with van der Waals surface area (Å²) in [5, 5.41) is 1.85. The minimum absolute atomic E-state index is 0.784. The van der Waals surface area contributed by atoms with Crippen molar-refractivity contribution < 1.29 is 0 Å². The molecule has 0 bridgehead atoms. The maximum atomic E-state index is 5.99. The first-order valence-corrected chi connectivity index (χ1v) is 5.59. The van der Waals surface area contributed by atoms with Crippen molar-refractivity contribution in [1.82, 2.24) is 0 Å². The van der Waals surface area contributed by atoms with E-state index in [1.54, 1.807) is 11.3 Å². The lowest BCUT2D eigenvalue weighted by Gasteiger charge is -1.92. The van der Waals surface area contributed by atoms with Crippen LogP contribution in [-0.4, -0.2) is 0 Å². The van der Waals surface area contributed by atoms with Crippen LogP contribution in [0.3, 0.4) is 0 Å². The summed E-state index contributed by atoms with van der Waals surface area (Å²) in [6.45, 7) is 0. The summed E-state index contributed by atoms with van der Waals surface area (Å²) in [7, 11) is 0. The molecule has 62 valence electrons. The van der Waals surface area contributed by atoms with Crippen LogP contribution >= 0.6 is 45.5 Å². The van der Waals surface area contributed by atoms with Crippen LogP contribution in [0.15, 0.2) is 18.2 Å². The Bertz CT molecular complexity index is 438. The van der Waals surface area contributed by atoms with E-state index >= 15 is 0 Å². The average molecular weight is 310 g/mol. The Morgan fingerprint density at radius 1 is 1.42 bits per heavy atom. The van der Waals surface area contributed by atoms with Gasteiger partial charge in [-0.05, 0) is 28.7 Å². The second kappa shape index (κ2) is 3.05. The Labute approximate surface area is 92.7 Å². The van der Waals surface area contributed by atoms with Gasteiger partial charge in [0.2, 0.25) is 0 Å². The molecule has 0 saturated heterocycles. The zero-order chi connectivity index (χ0) is 8.72. The van der Waals surface area contributed by atoms with Crippen LogP contribution < -0.4 is 5.73 Å². The van der Waals surface area contributed by atoms with Gasteiger partial charge < -0.3 is 5.73 Å². The standard InChI is InChI=1S/C8H5ClINS/c9-5-3-1-2-4-6(11)8(10)12-7(4)5/h1-3H,11H2. The number of hydrogen-bond acceptors (Lipinski definition) is 2. The van der Waals surface area contributed by atoms with E-state index in [1.165, 1.54) is 0 Å². The molecule has 2 N–H and O–H groups in total.